The third kappa shape index (κ3) is 2.67. The summed E-state index contributed by atoms with van der Waals surface area (Å²) < 4.78 is 5.82. The Morgan fingerprint density at radius 2 is 1.81 bits per heavy atom. The van der Waals surface area contributed by atoms with Crippen LogP contribution in [-0.4, -0.2) is 23.4 Å². The molecule has 1 saturated heterocycles. The largest absolute Gasteiger partial charge is 0.458 e. The van der Waals surface area contributed by atoms with E-state index in [1.165, 1.54) is 4.90 Å². The molecule has 2 aromatic carbocycles. The zero-order valence-corrected chi connectivity index (χ0v) is 14.3. The molecule has 3 amide bonds. The molecule has 1 N–H and O–H groups in total. The highest BCUT2D eigenvalue weighted by molar-refractivity contribution is 6.07. The lowest BCUT2D eigenvalue weighted by Crippen LogP contribution is -2.40. The fourth-order valence-corrected chi connectivity index (χ4v) is 3.12. The van der Waals surface area contributed by atoms with Crippen molar-refractivity contribution in [1.29, 1.82) is 0 Å². The van der Waals surface area contributed by atoms with Gasteiger partial charge in [0.1, 0.15) is 11.3 Å². The molecule has 0 radical (unpaired) electrons. The first-order valence-electron chi connectivity index (χ1n) is 8.43. The van der Waals surface area contributed by atoms with E-state index in [4.69, 9.17) is 4.42 Å². The van der Waals surface area contributed by atoms with Gasteiger partial charge in [-0.3, -0.25) is 9.69 Å². The van der Waals surface area contributed by atoms with Crippen LogP contribution in [0.2, 0.25) is 0 Å². The first kappa shape index (κ1) is 16.1. The van der Waals surface area contributed by atoms with Crippen LogP contribution < -0.4 is 5.32 Å². The summed E-state index contributed by atoms with van der Waals surface area (Å²) in [4.78, 5) is 26.5. The van der Waals surface area contributed by atoms with Gasteiger partial charge in [0.25, 0.3) is 5.91 Å². The van der Waals surface area contributed by atoms with E-state index in [9.17, 15) is 9.59 Å². The van der Waals surface area contributed by atoms with Gasteiger partial charge in [0.15, 0.2) is 5.54 Å². The number of carbonyl (C=O) groups is 2. The average molecular weight is 346 g/mol. The molecule has 1 aliphatic heterocycles. The Morgan fingerprint density at radius 3 is 2.58 bits per heavy atom. The normalized spacial score (nSPS) is 20.3. The number of hydrogen-bond acceptors (Lipinski definition) is 3. The van der Waals surface area contributed by atoms with Gasteiger partial charge in [0, 0.05) is 11.9 Å². The van der Waals surface area contributed by atoms with Crippen LogP contribution in [0.25, 0.3) is 17.0 Å². The molecular formula is C21H18N2O3. The van der Waals surface area contributed by atoms with Gasteiger partial charge in [-0.2, -0.15) is 0 Å². The van der Waals surface area contributed by atoms with Crippen molar-refractivity contribution in [3.63, 3.8) is 0 Å². The van der Waals surface area contributed by atoms with E-state index < -0.39 is 11.6 Å². The van der Waals surface area contributed by atoms with Crippen LogP contribution in [0.3, 0.4) is 0 Å². The van der Waals surface area contributed by atoms with Gasteiger partial charge in [0.2, 0.25) is 0 Å². The van der Waals surface area contributed by atoms with E-state index in [1.54, 1.807) is 19.1 Å². The number of amides is 3. The van der Waals surface area contributed by atoms with Crippen molar-refractivity contribution in [2.45, 2.75) is 12.5 Å². The molecule has 3 aromatic rings. The van der Waals surface area contributed by atoms with Crippen molar-refractivity contribution in [1.82, 2.24) is 10.2 Å². The predicted octanol–water partition coefficient (Wildman–Crippen LogP) is 3.91. The number of fused-ring (bicyclic) bond motifs is 1. The summed E-state index contributed by atoms with van der Waals surface area (Å²) in [6, 6.07) is 18.6. The molecule has 26 heavy (non-hydrogen) atoms. The molecule has 1 aromatic heterocycles. The molecule has 4 rings (SSSR count). The number of carbonyl (C=O) groups excluding carboxylic acids is 2. The fraction of sp³-hybridized carbons (Fsp3) is 0.143. The van der Waals surface area contributed by atoms with Gasteiger partial charge in [0.05, 0.1) is 0 Å². The highest BCUT2D eigenvalue weighted by Crippen LogP contribution is 2.32. The highest BCUT2D eigenvalue weighted by Gasteiger charge is 2.50. The van der Waals surface area contributed by atoms with Crippen molar-refractivity contribution >= 4 is 29.0 Å². The molecule has 5 nitrogen and oxygen atoms in total. The zero-order valence-electron chi connectivity index (χ0n) is 14.3. The minimum atomic E-state index is -1.20. The Bertz CT molecular complexity index is 973. The smallest absolute Gasteiger partial charge is 0.325 e. The van der Waals surface area contributed by atoms with Crippen molar-refractivity contribution in [2.75, 3.05) is 6.54 Å². The fourth-order valence-electron chi connectivity index (χ4n) is 3.12. The number of imide groups is 1. The van der Waals surface area contributed by atoms with E-state index in [2.05, 4.69) is 5.32 Å². The molecule has 2 heterocycles. The van der Waals surface area contributed by atoms with Crippen molar-refractivity contribution < 1.29 is 14.0 Å². The maximum atomic E-state index is 12.9. The SMILES string of the molecule is CC1(c2cc3ccccc3o2)NC(=O)N(C/C=C/c2ccccc2)C1=O. The molecule has 1 fully saturated rings. The van der Waals surface area contributed by atoms with Gasteiger partial charge >= 0.3 is 6.03 Å². The Kier molecular flexibility index (Phi) is 3.84. The first-order chi connectivity index (χ1) is 12.6. The Labute approximate surface area is 150 Å². The number of urea groups is 1. The summed E-state index contributed by atoms with van der Waals surface area (Å²) in [7, 11) is 0. The number of para-hydroxylation sites is 1. The molecule has 1 aliphatic rings. The monoisotopic (exact) mass is 346 g/mol. The lowest BCUT2D eigenvalue weighted by atomic mass is 9.99. The van der Waals surface area contributed by atoms with E-state index in [0.29, 0.717) is 11.3 Å². The summed E-state index contributed by atoms with van der Waals surface area (Å²) in [6.45, 7) is 1.88. The summed E-state index contributed by atoms with van der Waals surface area (Å²) in [5.41, 5.74) is 0.504. The Hall–Kier alpha value is -3.34. The van der Waals surface area contributed by atoms with Crippen LogP contribution in [0.5, 0.6) is 0 Å². The van der Waals surface area contributed by atoms with Gasteiger partial charge in [-0.25, -0.2) is 4.79 Å². The predicted molar refractivity (Wildman–Crippen MR) is 99.3 cm³/mol. The van der Waals surface area contributed by atoms with E-state index in [0.717, 1.165) is 10.9 Å². The van der Waals surface area contributed by atoms with Gasteiger partial charge in [-0.1, -0.05) is 60.7 Å². The molecule has 1 unspecified atom stereocenters. The van der Waals surface area contributed by atoms with Crippen LogP contribution in [0.4, 0.5) is 4.79 Å². The average Bonchev–Trinajstić information content (AvgIpc) is 3.18. The van der Waals surface area contributed by atoms with Crippen LogP contribution in [0.1, 0.15) is 18.2 Å². The Morgan fingerprint density at radius 1 is 1.08 bits per heavy atom. The van der Waals surface area contributed by atoms with Crippen molar-refractivity contribution in [2.24, 2.45) is 0 Å². The lowest BCUT2D eigenvalue weighted by molar-refractivity contribution is -0.131. The molecule has 130 valence electrons. The second-order valence-corrected chi connectivity index (χ2v) is 6.43. The van der Waals surface area contributed by atoms with Gasteiger partial charge < -0.3 is 9.73 Å². The number of nitrogens with one attached hydrogen (secondary N) is 1. The van der Waals surface area contributed by atoms with Crippen molar-refractivity contribution in [3.05, 3.63) is 78.1 Å². The molecular weight excluding hydrogens is 328 g/mol. The minimum Gasteiger partial charge on any atom is -0.458 e. The molecule has 0 spiro atoms. The number of rotatable bonds is 4. The third-order valence-electron chi connectivity index (χ3n) is 4.59. The molecule has 1 atom stereocenters. The first-order valence-corrected chi connectivity index (χ1v) is 8.43. The van der Waals surface area contributed by atoms with Gasteiger partial charge in [-0.15, -0.1) is 0 Å². The topological polar surface area (TPSA) is 62.6 Å². The van der Waals surface area contributed by atoms with E-state index >= 15 is 0 Å². The molecule has 0 bridgehead atoms. The number of nitrogens with zero attached hydrogens (tertiary/aromatic N) is 1. The van der Waals surface area contributed by atoms with E-state index in [1.807, 2.05) is 60.7 Å². The third-order valence-corrected chi connectivity index (χ3v) is 4.59. The van der Waals surface area contributed by atoms with Crippen LogP contribution in [0, 0.1) is 0 Å². The van der Waals surface area contributed by atoms with Crippen LogP contribution in [0.15, 0.2) is 71.2 Å². The summed E-state index contributed by atoms with van der Waals surface area (Å²) in [5.74, 6) is 0.117. The summed E-state index contributed by atoms with van der Waals surface area (Å²) in [5, 5.41) is 3.66. The maximum Gasteiger partial charge on any atom is 0.325 e. The summed E-state index contributed by atoms with van der Waals surface area (Å²) in [6.07, 6.45) is 3.69. The summed E-state index contributed by atoms with van der Waals surface area (Å²) >= 11 is 0. The van der Waals surface area contributed by atoms with Gasteiger partial charge in [-0.05, 0) is 24.6 Å². The van der Waals surface area contributed by atoms with E-state index in [-0.39, 0.29) is 12.5 Å². The number of benzene rings is 2. The minimum absolute atomic E-state index is 0.204. The number of furan rings is 1. The second-order valence-electron chi connectivity index (χ2n) is 6.43. The molecule has 0 aliphatic carbocycles. The number of hydrogen-bond donors (Lipinski definition) is 1. The Balaban J connectivity index is 1.57. The van der Waals surface area contributed by atoms with Crippen LogP contribution >= 0.6 is 0 Å². The van der Waals surface area contributed by atoms with Crippen molar-refractivity contribution in [3.8, 4) is 0 Å². The maximum absolute atomic E-state index is 12.9. The second kappa shape index (κ2) is 6.19. The zero-order chi connectivity index (χ0) is 18.1. The lowest BCUT2D eigenvalue weighted by Gasteiger charge is -2.18. The standard InChI is InChI=1S/C21H18N2O3/c1-21(18-14-16-11-5-6-12-17(16)26-18)19(24)23(20(25)22-21)13-7-10-15-8-3-2-4-9-15/h2-12,14H,13H2,1H3,(H,22,25)/b10-7+. The molecule has 0 saturated carbocycles. The highest BCUT2D eigenvalue weighted by atomic mass is 16.3. The molecule has 5 heteroatoms. The van der Waals surface area contributed by atoms with Crippen LogP contribution in [-0.2, 0) is 10.3 Å². The quantitative estimate of drug-likeness (QED) is 0.729.